The molecule has 0 aliphatic heterocycles. The van der Waals surface area contributed by atoms with Gasteiger partial charge in [0.15, 0.2) is 5.82 Å². The molecule has 5 nitrogen and oxygen atoms in total. The van der Waals surface area contributed by atoms with Crippen molar-refractivity contribution < 1.29 is 4.79 Å². The van der Waals surface area contributed by atoms with Gasteiger partial charge in [-0.25, -0.2) is 9.67 Å². The van der Waals surface area contributed by atoms with Crippen molar-refractivity contribution in [1.29, 1.82) is 0 Å². The van der Waals surface area contributed by atoms with E-state index in [2.05, 4.69) is 15.4 Å². The smallest absolute Gasteiger partial charge is 0.233 e. The number of carbonyl (C=O) groups is 1. The van der Waals surface area contributed by atoms with E-state index in [1.807, 2.05) is 49.9 Å². The predicted octanol–water partition coefficient (Wildman–Crippen LogP) is 2.25. The Bertz CT molecular complexity index is 621. The summed E-state index contributed by atoms with van der Waals surface area (Å²) in [5.41, 5.74) is 2.99. The van der Waals surface area contributed by atoms with Gasteiger partial charge in [0.2, 0.25) is 5.91 Å². The molecule has 0 fully saturated rings. The fourth-order valence-electron chi connectivity index (χ4n) is 1.95. The molecule has 0 bridgehead atoms. The molecule has 0 unspecified atom stereocenters. The normalized spacial score (nSPS) is 12.2. The Labute approximate surface area is 129 Å². The van der Waals surface area contributed by atoms with Crippen LogP contribution >= 0.6 is 11.8 Å². The van der Waals surface area contributed by atoms with Crippen molar-refractivity contribution >= 4 is 17.7 Å². The monoisotopic (exact) mass is 304 g/mol. The highest BCUT2D eigenvalue weighted by molar-refractivity contribution is 7.99. The van der Waals surface area contributed by atoms with Crippen molar-refractivity contribution in [2.45, 2.75) is 32.6 Å². The van der Waals surface area contributed by atoms with Crippen molar-refractivity contribution in [3.8, 4) is 5.82 Å². The first-order valence-corrected chi connectivity index (χ1v) is 8.09. The SMILES string of the molecule is CS[C@H](C)C(=O)NCc1ccc(-n2nc(C)cc2C)nc1. The number of aromatic nitrogens is 3. The van der Waals surface area contributed by atoms with Gasteiger partial charge in [0.1, 0.15) is 0 Å². The molecule has 112 valence electrons. The summed E-state index contributed by atoms with van der Waals surface area (Å²) < 4.78 is 1.81. The molecule has 21 heavy (non-hydrogen) atoms. The molecule has 1 amide bonds. The second-order valence-corrected chi connectivity index (χ2v) is 6.14. The number of rotatable bonds is 5. The molecule has 0 saturated heterocycles. The van der Waals surface area contributed by atoms with Gasteiger partial charge in [0.05, 0.1) is 10.9 Å². The molecule has 2 heterocycles. The Morgan fingerprint density at radius 3 is 2.71 bits per heavy atom. The number of nitrogens with one attached hydrogen (secondary N) is 1. The Hall–Kier alpha value is -1.82. The highest BCUT2D eigenvalue weighted by atomic mass is 32.2. The van der Waals surface area contributed by atoms with Crippen molar-refractivity contribution in [3.05, 3.63) is 41.3 Å². The van der Waals surface area contributed by atoms with E-state index >= 15 is 0 Å². The Morgan fingerprint density at radius 2 is 2.19 bits per heavy atom. The zero-order chi connectivity index (χ0) is 15.4. The first-order valence-electron chi connectivity index (χ1n) is 6.80. The van der Waals surface area contributed by atoms with E-state index in [4.69, 9.17) is 0 Å². The molecule has 2 rings (SSSR count). The van der Waals surface area contributed by atoms with Crippen LogP contribution in [0.1, 0.15) is 23.9 Å². The molecule has 0 aliphatic carbocycles. The molecule has 2 aromatic rings. The van der Waals surface area contributed by atoms with E-state index in [-0.39, 0.29) is 11.2 Å². The largest absolute Gasteiger partial charge is 0.351 e. The number of pyridine rings is 1. The third kappa shape index (κ3) is 3.85. The summed E-state index contributed by atoms with van der Waals surface area (Å²) in [5, 5.41) is 7.27. The van der Waals surface area contributed by atoms with Crippen LogP contribution in [0.3, 0.4) is 0 Å². The minimum Gasteiger partial charge on any atom is -0.351 e. The molecular formula is C15H20N4OS. The van der Waals surface area contributed by atoms with Gasteiger partial charge in [-0.1, -0.05) is 6.07 Å². The molecule has 6 heteroatoms. The maximum atomic E-state index is 11.7. The van der Waals surface area contributed by atoms with Crippen LogP contribution in [0.25, 0.3) is 5.82 Å². The number of amides is 1. The third-order valence-electron chi connectivity index (χ3n) is 3.23. The predicted molar refractivity (Wildman–Crippen MR) is 85.7 cm³/mol. The van der Waals surface area contributed by atoms with Gasteiger partial charge in [-0.15, -0.1) is 0 Å². The lowest BCUT2D eigenvalue weighted by Crippen LogP contribution is -2.30. The van der Waals surface area contributed by atoms with Crippen molar-refractivity contribution in [2.75, 3.05) is 6.26 Å². The van der Waals surface area contributed by atoms with Crippen LogP contribution in [0.5, 0.6) is 0 Å². The number of hydrogen-bond acceptors (Lipinski definition) is 4. The van der Waals surface area contributed by atoms with Gasteiger partial charge in [-0.2, -0.15) is 16.9 Å². The summed E-state index contributed by atoms with van der Waals surface area (Å²) in [7, 11) is 0. The topological polar surface area (TPSA) is 59.8 Å². The highest BCUT2D eigenvalue weighted by Crippen LogP contribution is 2.10. The van der Waals surface area contributed by atoms with Crippen molar-refractivity contribution in [2.24, 2.45) is 0 Å². The average Bonchev–Trinajstić information content (AvgIpc) is 2.83. The first kappa shape index (κ1) is 15.6. The molecule has 1 N–H and O–H groups in total. The second kappa shape index (κ2) is 6.76. The van der Waals surface area contributed by atoms with E-state index in [1.165, 1.54) is 11.8 Å². The lowest BCUT2D eigenvalue weighted by molar-refractivity contribution is -0.120. The van der Waals surface area contributed by atoms with E-state index in [1.54, 1.807) is 6.20 Å². The standard InChI is InChI=1S/C15H20N4OS/c1-10-7-11(2)19(18-10)14-6-5-13(8-16-14)9-17-15(20)12(3)21-4/h5-8,12H,9H2,1-4H3,(H,17,20)/t12-/m1/s1. The maximum absolute atomic E-state index is 11.7. The summed E-state index contributed by atoms with van der Waals surface area (Å²) in [6, 6.07) is 5.89. The minimum atomic E-state index is -0.0352. The quantitative estimate of drug-likeness (QED) is 0.920. The van der Waals surface area contributed by atoms with Gasteiger partial charge in [-0.3, -0.25) is 4.79 Å². The molecule has 0 saturated carbocycles. The molecular weight excluding hydrogens is 284 g/mol. The Morgan fingerprint density at radius 1 is 1.43 bits per heavy atom. The van der Waals surface area contributed by atoms with Crippen LogP contribution < -0.4 is 5.32 Å². The van der Waals surface area contributed by atoms with Crippen LogP contribution in [-0.4, -0.2) is 32.2 Å². The van der Waals surface area contributed by atoms with E-state index in [9.17, 15) is 4.79 Å². The minimum absolute atomic E-state index is 0.0352. The van der Waals surface area contributed by atoms with E-state index in [0.717, 1.165) is 22.8 Å². The molecule has 1 atom stereocenters. The number of nitrogens with zero attached hydrogens (tertiary/aromatic N) is 3. The number of carbonyl (C=O) groups excluding carboxylic acids is 1. The van der Waals surface area contributed by atoms with E-state index in [0.29, 0.717) is 6.54 Å². The second-order valence-electron chi connectivity index (χ2n) is 4.96. The summed E-state index contributed by atoms with van der Waals surface area (Å²) in [5.74, 6) is 0.832. The van der Waals surface area contributed by atoms with Crippen LogP contribution in [-0.2, 0) is 11.3 Å². The molecule has 0 aliphatic rings. The lowest BCUT2D eigenvalue weighted by atomic mass is 10.2. The molecule has 0 aromatic carbocycles. The van der Waals surface area contributed by atoms with Gasteiger partial charge < -0.3 is 5.32 Å². The Kier molecular flexibility index (Phi) is 5.01. The zero-order valence-electron chi connectivity index (χ0n) is 12.8. The third-order valence-corrected chi connectivity index (χ3v) is 4.15. The van der Waals surface area contributed by atoms with Gasteiger partial charge in [-0.05, 0) is 44.7 Å². The molecule has 2 aromatic heterocycles. The zero-order valence-corrected chi connectivity index (χ0v) is 13.6. The summed E-state index contributed by atoms with van der Waals surface area (Å²) >= 11 is 1.53. The van der Waals surface area contributed by atoms with E-state index < -0.39 is 0 Å². The summed E-state index contributed by atoms with van der Waals surface area (Å²) in [4.78, 5) is 16.1. The fraction of sp³-hybridized carbons (Fsp3) is 0.400. The fourth-order valence-corrected chi connectivity index (χ4v) is 2.24. The molecule has 0 spiro atoms. The average molecular weight is 304 g/mol. The van der Waals surface area contributed by atoms with Crippen molar-refractivity contribution in [3.63, 3.8) is 0 Å². The van der Waals surface area contributed by atoms with Crippen LogP contribution in [0.2, 0.25) is 0 Å². The summed E-state index contributed by atoms with van der Waals surface area (Å²) in [6.45, 7) is 6.35. The lowest BCUT2D eigenvalue weighted by Gasteiger charge is -2.10. The number of hydrogen-bond donors (Lipinski definition) is 1. The van der Waals surface area contributed by atoms with Gasteiger partial charge in [0, 0.05) is 18.4 Å². The Balaban J connectivity index is 2.03. The van der Waals surface area contributed by atoms with Gasteiger partial charge >= 0.3 is 0 Å². The van der Waals surface area contributed by atoms with Crippen molar-refractivity contribution in [1.82, 2.24) is 20.1 Å². The van der Waals surface area contributed by atoms with Gasteiger partial charge in [0.25, 0.3) is 0 Å². The first-order chi connectivity index (χ1) is 10.0. The number of thioether (sulfide) groups is 1. The molecule has 0 radical (unpaired) electrons. The van der Waals surface area contributed by atoms with Crippen LogP contribution in [0.15, 0.2) is 24.4 Å². The summed E-state index contributed by atoms with van der Waals surface area (Å²) in [6.07, 6.45) is 3.70. The number of aryl methyl sites for hydroxylation is 2. The van der Waals surface area contributed by atoms with Crippen LogP contribution in [0, 0.1) is 13.8 Å². The van der Waals surface area contributed by atoms with Crippen LogP contribution in [0.4, 0.5) is 0 Å². The maximum Gasteiger partial charge on any atom is 0.233 e. The highest BCUT2D eigenvalue weighted by Gasteiger charge is 2.10.